The van der Waals surface area contributed by atoms with Crippen LogP contribution in [0.15, 0.2) is 23.2 Å². The number of amides is 1. The van der Waals surface area contributed by atoms with Gasteiger partial charge >= 0.3 is 5.97 Å². The van der Waals surface area contributed by atoms with Crippen LogP contribution in [0.2, 0.25) is 0 Å². The average Bonchev–Trinajstić information content (AvgIpc) is 3.36. The standard InChI is InChI=1S/C18H22N2O3S/c1-3-12-5-8-14-15(11-12)24-18(19-17(22)13-6-7-13)20(14)10-9-16(21)23-4-2/h5,8,11,13H,3-4,6-7,9-10H2,1-2H3. The zero-order chi connectivity index (χ0) is 17.1. The van der Waals surface area contributed by atoms with Gasteiger partial charge in [-0.1, -0.05) is 24.3 Å². The number of hydrogen-bond donors (Lipinski definition) is 0. The van der Waals surface area contributed by atoms with Gasteiger partial charge in [-0.25, -0.2) is 0 Å². The summed E-state index contributed by atoms with van der Waals surface area (Å²) in [5.41, 5.74) is 2.27. The zero-order valence-electron chi connectivity index (χ0n) is 14.1. The van der Waals surface area contributed by atoms with Gasteiger partial charge in [0.15, 0.2) is 4.80 Å². The van der Waals surface area contributed by atoms with Gasteiger partial charge in [0.25, 0.3) is 5.91 Å². The number of carbonyl (C=O) groups is 2. The number of hydrogen-bond acceptors (Lipinski definition) is 4. The Morgan fingerprint density at radius 3 is 2.79 bits per heavy atom. The molecule has 0 spiro atoms. The third-order valence-electron chi connectivity index (χ3n) is 4.13. The molecule has 0 atom stereocenters. The van der Waals surface area contributed by atoms with Crippen molar-refractivity contribution in [1.29, 1.82) is 0 Å². The second kappa shape index (κ2) is 7.30. The van der Waals surface area contributed by atoms with Crippen LogP contribution in [0.3, 0.4) is 0 Å². The van der Waals surface area contributed by atoms with E-state index in [1.807, 2.05) is 4.57 Å². The van der Waals surface area contributed by atoms with Gasteiger partial charge in [0.2, 0.25) is 0 Å². The molecule has 1 fully saturated rings. The van der Waals surface area contributed by atoms with E-state index in [1.54, 1.807) is 6.92 Å². The molecular weight excluding hydrogens is 324 g/mol. The largest absolute Gasteiger partial charge is 0.466 e. The fourth-order valence-corrected chi connectivity index (χ4v) is 3.72. The molecule has 0 N–H and O–H groups in total. The maximum Gasteiger partial charge on any atom is 0.307 e. The number of fused-ring (bicyclic) bond motifs is 1. The van der Waals surface area contributed by atoms with Gasteiger partial charge in [-0.3, -0.25) is 9.59 Å². The Balaban J connectivity index is 1.98. The van der Waals surface area contributed by atoms with Crippen molar-refractivity contribution in [3.8, 4) is 0 Å². The van der Waals surface area contributed by atoms with Crippen molar-refractivity contribution in [3.63, 3.8) is 0 Å². The Labute approximate surface area is 145 Å². The lowest BCUT2D eigenvalue weighted by molar-refractivity contribution is -0.143. The van der Waals surface area contributed by atoms with Crippen molar-refractivity contribution in [3.05, 3.63) is 28.6 Å². The molecule has 0 saturated heterocycles. The lowest BCUT2D eigenvalue weighted by atomic mass is 10.2. The first-order valence-corrected chi connectivity index (χ1v) is 9.30. The summed E-state index contributed by atoms with van der Waals surface area (Å²) in [7, 11) is 0. The highest BCUT2D eigenvalue weighted by Gasteiger charge is 2.29. The highest BCUT2D eigenvalue weighted by atomic mass is 32.1. The monoisotopic (exact) mass is 346 g/mol. The number of carbonyl (C=O) groups excluding carboxylic acids is 2. The van der Waals surface area contributed by atoms with E-state index in [0.717, 1.165) is 29.5 Å². The molecule has 1 aliphatic rings. The molecule has 3 rings (SSSR count). The SMILES string of the molecule is CCOC(=O)CCn1c(=NC(=O)C2CC2)sc2cc(CC)ccc21. The van der Waals surface area contributed by atoms with Gasteiger partial charge in [-0.05, 0) is 43.9 Å². The van der Waals surface area contributed by atoms with Crippen molar-refractivity contribution < 1.29 is 14.3 Å². The number of rotatable bonds is 6. The number of aromatic nitrogens is 1. The summed E-state index contributed by atoms with van der Waals surface area (Å²) in [5, 5.41) is 0. The van der Waals surface area contributed by atoms with E-state index < -0.39 is 0 Å². The minimum absolute atomic E-state index is 0.0397. The van der Waals surface area contributed by atoms with Gasteiger partial charge in [0.1, 0.15) is 0 Å². The molecule has 0 aliphatic heterocycles. The minimum atomic E-state index is -0.228. The lowest BCUT2D eigenvalue weighted by Crippen LogP contribution is -2.19. The molecule has 1 amide bonds. The van der Waals surface area contributed by atoms with Crippen LogP contribution in [0.1, 0.15) is 38.7 Å². The molecule has 2 aromatic rings. The van der Waals surface area contributed by atoms with Crippen LogP contribution in [0.5, 0.6) is 0 Å². The topological polar surface area (TPSA) is 60.7 Å². The number of thiazole rings is 1. The molecule has 0 radical (unpaired) electrons. The Morgan fingerprint density at radius 1 is 1.33 bits per heavy atom. The third-order valence-corrected chi connectivity index (χ3v) is 5.17. The van der Waals surface area contributed by atoms with E-state index in [2.05, 4.69) is 30.1 Å². The van der Waals surface area contributed by atoms with Crippen molar-refractivity contribution in [1.82, 2.24) is 4.57 Å². The Morgan fingerprint density at radius 2 is 2.12 bits per heavy atom. The fraction of sp³-hybridized carbons (Fsp3) is 0.500. The summed E-state index contributed by atoms with van der Waals surface area (Å²) in [6, 6.07) is 6.28. The minimum Gasteiger partial charge on any atom is -0.466 e. The van der Waals surface area contributed by atoms with E-state index in [9.17, 15) is 9.59 Å². The third kappa shape index (κ3) is 3.75. The molecule has 0 unspecified atom stereocenters. The smallest absolute Gasteiger partial charge is 0.307 e. The molecule has 5 nitrogen and oxygen atoms in total. The molecule has 1 saturated carbocycles. The Kier molecular flexibility index (Phi) is 5.14. The highest BCUT2D eigenvalue weighted by molar-refractivity contribution is 7.16. The number of ether oxygens (including phenoxy) is 1. The summed E-state index contributed by atoms with van der Waals surface area (Å²) in [5.74, 6) is -0.170. The van der Waals surface area contributed by atoms with Crippen molar-refractivity contribution in [2.75, 3.05) is 6.61 Å². The number of aryl methyl sites for hydroxylation is 2. The first-order chi connectivity index (χ1) is 11.6. The molecule has 128 valence electrons. The maximum absolute atomic E-state index is 12.1. The second-order valence-corrected chi connectivity index (χ2v) is 6.98. The van der Waals surface area contributed by atoms with Gasteiger partial charge < -0.3 is 9.30 Å². The number of esters is 1. The van der Waals surface area contributed by atoms with Gasteiger partial charge in [-0.2, -0.15) is 4.99 Å². The fourth-order valence-electron chi connectivity index (χ4n) is 2.59. The molecule has 1 heterocycles. The summed E-state index contributed by atoms with van der Waals surface area (Å²) >= 11 is 1.52. The van der Waals surface area contributed by atoms with Crippen LogP contribution in [0, 0.1) is 5.92 Å². The number of benzene rings is 1. The molecule has 24 heavy (non-hydrogen) atoms. The quantitative estimate of drug-likeness (QED) is 0.755. The maximum atomic E-state index is 12.1. The summed E-state index contributed by atoms with van der Waals surface area (Å²) in [6.45, 7) is 4.77. The van der Waals surface area contributed by atoms with Crippen LogP contribution in [0.25, 0.3) is 10.2 Å². The van der Waals surface area contributed by atoms with E-state index in [1.165, 1.54) is 16.9 Å². The first-order valence-electron chi connectivity index (χ1n) is 8.48. The predicted molar refractivity (Wildman–Crippen MR) is 93.7 cm³/mol. The van der Waals surface area contributed by atoms with Crippen molar-refractivity contribution in [2.45, 2.75) is 46.1 Å². The van der Waals surface area contributed by atoms with E-state index >= 15 is 0 Å². The van der Waals surface area contributed by atoms with E-state index in [4.69, 9.17) is 4.74 Å². The molecule has 1 aromatic carbocycles. The van der Waals surface area contributed by atoms with Crippen LogP contribution in [-0.2, 0) is 27.3 Å². The number of nitrogens with zero attached hydrogens (tertiary/aromatic N) is 2. The first kappa shape index (κ1) is 16.9. The van der Waals surface area contributed by atoms with Crippen LogP contribution >= 0.6 is 11.3 Å². The van der Waals surface area contributed by atoms with Gasteiger partial charge in [0.05, 0.1) is 23.2 Å². The predicted octanol–water partition coefficient (Wildman–Crippen LogP) is 3.06. The van der Waals surface area contributed by atoms with Gasteiger partial charge in [0, 0.05) is 12.5 Å². The molecular formula is C18H22N2O3S. The van der Waals surface area contributed by atoms with Crippen LogP contribution in [0.4, 0.5) is 0 Å². The van der Waals surface area contributed by atoms with Crippen LogP contribution in [-0.4, -0.2) is 23.1 Å². The van der Waals surface area contributed by atoms with Gasteiger partial charge in [-0.15, -0.1) is 0 Å². The second-order valence-electron chi connectivity index (χ2n) is 5.97. The Hall–Kier alpha value is -1.95. The summed E-state index contributed by atoms with van der Waals surface area (Å²) < 4.78 is 8.08. The van der Waals surface area contributed by atoms with Crippen LogP contribution < -0.4 is 4.80 Å². The van der Waals surface area contributed by atoms with E-state index in [-0.39, 0.29) is 24.2 Å². The lowest BCUT2D eigenvalue weighted by Gasteiger charge is -2.06. The van der Waals surface area contributed by atoms with Crippen molar-refractivity contribution >= 4 is 33.4 Å². The normalized spacial score (nSPS) is 15.0. The molecule has 1 aromatic heterocycles. The highest BCUT2D eigenvalue weighted by Crippen LogP contribution is 2.30. The van der Waals surface area contributed by atoms with Crippen molar-refractivity contribution in [2.24, 2.45) is 10.9 Å². The summed E-state index contributed by atoms with van der Waals surface area (Å²) in [4.78, 5) is 28.8. The molecule has 1 aliphatic carbocycles. The summed E-state index contributed by atoms with van der Waals surface area (Å²) in [6.07, 6.45) is 3.12. The average molecular weight is 346 g/mol. The zero-order valence-corrected chi connectivity index (χ0v) is 14.9. The molecule has 6 heteroatoms. The Bertz CT molecular complexity index is 830. The molecule has 0 bridgehead atoms. The van der Waals surface area contributed by atoms with E-state index in [0.29, 0.717) is 18.0 Å².